The van der Waals surface area contributed by atoms with Crippen molar-refractivity contribution in [2.45, 2.75) is 57.4 Å². The van der Waals surface area contributed by atoms with E-state index in [1.807, 2.05) is 6.92 Å². The van der Waals surface area contributed by atoms with Crippen molar-refractivity contribution >= 4 is 11.6 Å². The van der Waals surface area contributed by atoms with Crippen LogP contribution in [0.1, 0.15) is 46.0 Å². The molecular formula is C10H19ClF2O. The molecule has 0 aromatic heterocycles. The van der Waals surface area contributed by atoms with Gasteiger partial charge in [0, 0.05) is 0 Å². The number of halogens is 3. The summed E-state index contributed by atoms with van der Waals surface area (Å²) in [4.78, 5) is 0. The minimum Gasteiger partial charge on any atom is -0.385 e. The first-order valence-corrected chi connectivity index (χ1v) is 5.54. The zero-order chi connectivity index (χ0) is 11.2. The van der Waals surface area contributed by atoms with E-state index in [-0.39, 0.29) is 12.3 Å². The summed E-state index contributed by atoms with van der Waals surface area (Å²) in [5.41, 5.74) is 0. The van der Waals surface area contributed by atoms with Gasteiger partial charge in [-0.25, -0.2) is 0 Å². The van der Waals surface area contributed by atoms with Crippen molar-refractivity contribution in [1.82, 2.24) is 0 Å². The van der Waals surface area contributed by atoms with Gasteiger partial charge in [-0.05, 0) is 23.9 Å². The van der Waals surface area contributed by atoms with Crippen molar-refractivity contribution < 1.29 is 13.9 Å². The summed E-state index contributed by atoms with van der Waals surface area (Å²) in [7, 11) is 0. The summed E-state index contributed by atoms with van der Waals surface area (Å²) in [6.45, 7) is 4.00. The molecule has 2 unspecified atom stereocenters. The number of aliphatic hydroxyl groups is 1. The topological polar surface area (TPSA) is 20.2 Å². The van der Waals surface area contributed by atoms with Crippen LogP contribution in [0.15, 0.2) is 0 Å². The Kier molecular flexibility index (Phi) is 6.62. The predicted molar refractivity (Wildman–Crippen MR) is 54.7 cm³/mol. The largest absolute Gasteiger partial charge is 0.385 e. The van der Waals surface area contributed by atoms with Gasteiger partial charge in [-0.2, -0.15) is 8.78 Å². The maximum atomic E-state index is 12.5. The molecule has 0 saturated heterocycles. The van der Waals surface area contributed by atoms with Crippen LogP contribution in [-0.4, -0.2) is 16.6 Å². The van der Waals surface area contributed by atoms with E-state index in [0.717, 1.165) is 25.7 Å². The molecule has 0 aromatic carbocycles. The van der Waals surface area contributed by atoms with E-state index in [9.17, 15) is 8.78 Å². The second-order valence-electron chi connectivity index (χ2n) is 3.71. The molecule has 0 saturated carbocycles. The Labute approximate surface area is 89.5 Å². The van der Waals surface area contributed by atoms with Gasteiger partial charge in [0.25, 0.3) is 0 Å². The number of unbranched alkanes of at least 4 members (excludes halogenated alkanes) is 1. The molecule has 4 heteroatoms. The van der Waals surface area contributed by atoms with Crippen LogP contribution in [0, 0.1) is 5.92 Å². The lowest BCUT2D eigenvalue weighted by Gasteiger charge is -2.21. The highest BCUT2D eigenvalue weighted by molar-refractivity contribution is 6.22. The highest BCUT2D eigenvalue weighted by Crippen LogP contribution is 2.30. The minimum absolute atomic E-state index is 0.0903. The Morgan fingerprint density at radius 1 is 1.36 bits per heavy atom. The Morgan fingerprint density at radius 3 is 2.29 bits per heavy atom. The number of rotatable bonds is 7. The van der Waals surface area contributed by atoms with Crippen molar-refractivity contribution in [3.63, 3.8) is 0 Å². The standard InChI is InChI=1S/C10H19ClF2O/c1-3-5-6-8(4-2)7-9(14)10(11,12)13/h8-9,14H,3-7H2,1-2H3. The summed E-state index contributed by atoms with van der Waals surface area (Å²) < 4.78 is 24.9. The van der Waals surface area contributed by atoms with Crippen molar-refractivity contribution in [3.8, 4) is 0 Å². The monoisotopic (exact) mass is 228 g/mol. The molecule has 1 nitrogen and oxygen atoms in total. The maximum absolute atomic E-state index is 12.5. The second kappa shape index (κ2) is 6.57. The third-order valence-electron chi connectivity index (χ3n) is 2.48. The Bertz CT molecular complexity index is 148. The van der Waals surface area contributed by atoms with Gasteiger partial charge in [0.2, 0.25) is 0 Å². The normalized spacial score (nSPS) is 16.7. The molecule has 0 aromatic rings. The lowest BCUT2D eigenvalue weighted by Crippen LogP contribution is -2.29. The molecule has 0 rings (SSSR count). The van der Waals surface area contributed by atoms with E-state index >= 15 is 0 Å². The predicted octanol–water partition coefficient (Wildman–Crippen LogP) is 3.79. The molecule has 86 valence electrons. The van der Waals surface area contributed by atoms with Crippen molar-refractivity contribution in [1.29, 1.82) is 0 Å². The zero-order valence-electron chi connectivity index (χ0n) is 8.77. The summed E-state index contributed by atoms with van der Waals surface area (Å²) in [6.07, 6.45) is 2.13. The molecular weight excluding hydrogens is 210 g/mol. The van der Waals surface area contributed by atoms with E-state index in [4.69, 9.17) is 16.7 Å². The number of aliphatic hydroxyl groups excluding tert-OH is 1. The van der Waals surface area contributed by atoms with Crippen molar-refractivity contribution in [2.24, 2.45) is 5.92 Å². The Balaban J connectivity index is 3.92. The minimum atomic E-state index is -3.49. The van der Waals surface area contributed by atoms with Gasteiger partial charge in [0.15, 0.2) is 0 Å². The summed E-state index contributed by atoms with van der Waals surface area (Å²) in [6, 6.07) is 0. The first-order chi connectivity index (χ1) is 6.41. The van der Waals surface area contributed by atoms with Gasteiger partial charge in [-0.1, -0.05) is 39.5 Å². The molecule has 1 N–H and O–H groups in total. The van der Waals surface area contributed by atoms with Crippen LogP contribution >= 0.6 is 11.6 Å². The average Bonchev–Trinajstić information content (AvgIpc) is 2.10. The lowest BCUT2D eigenvalue weighted by molar-refractivity contribution is -0.0524. The fourth-order valence-electron chi connectivity index (χ4n) is 1.43. The van der Waals surface area contributed by atoms with Gasteiger partial charge in [0.1, 0.15) is 6.10 Å². The van der Waals surface area contributed by atoms with Crippen LogP contribution in [0.5, 0.6) is 0 Å². The van der Waals surface area contributed by atoms with Crippen LogP contribution in [0.25, 0.3) is 0 Å². The molecule has 14 heavy (non-hydrogen) atoms. The van der Waals surface area contributed by atoms with Crippen LogP contribution in [0.3, 0.4) is 0 Å². The molecule has 2 atom stereocenters. The molecule has 0 heterocycles. The van der Waals surface area contributed by atoms with Gasteiger partial charge in [-0.15, -0.1) is 0 Å². The van der Waals surface area contributed by atoms with Gasteiger partial charge < -0.3 is 5.11 Å². The van der Waals surface area contributed by atoms with Crippen LogP contribution in [-0.2, 0) is 0 Å². The van der Waals surface area contributed by atoms with E-state index < -0.39 is 11.5 Å². The fraction of sp³-hybridized carbons (Fsp3) is 1.00. The Hall–Kier alpha value is 0.110. The van der Waals surface area contributed by atoms with Crippen molar-refractivity contribution in [3.05, 3.63) is 0 Å². The number of hydrogen-bond donors (Lipinski definition) is 1. The number of hydrogen-bond acceptors (Lipinski definition) is 1. The van der Waals surface area contributed by atoms with E-state index in [1.54, 1.807) is 0 Å². The Morgan fingerprint density at radius 2 is 1.93 bits per heavy atom. The molecule has 0 spiro atoms. The summed E-state index contributed by atoms with van der Waals surface area (Å²) in [5, 5.41) is 5.62. The third-order valence-corrected chi connectivity index (χ3v) is 2.73. The molecule has 0 bridgehead atoms. The fourth-order valence-corrected chi connectivity index (χ4v) is 1.52. The highest BCUT2D eigenvalue weighted by Gasteiger charge is 2.36. The zero-order valence-corrected chi connectivity index (χ0v) is 9.53. The molecule has 0 aliphatic heterocycles. The third kappa shape index (κ3) is 5.76. The first-order valence-electron chi connectivity index (χ1n) is 5.16. The lowest BCUT2D eigenvalue weighted by atomic mass is 9.93. The molecule has 0 amide bonds. The maximum Gasteiger partial charge on any atom is 0.347 e. The highest BCUT2D eigenvalue weighted by atomic mass is 35.5. The SMILES string of the molecule is CCCCC(CC)CC(O)C(F)(F)Cl. The van der Waals surface area contributed by atoms with Gasteiger partial charge in [-0.3, -0.25) is 0 Å². The molecule has 0 fully saturated rings. The first kappa shape index (κ1) is 14.1. The van der Waals surface area contributed by atoms with Crippen molar-refractivity contribution in [2.75, 3.05) is 0 Å². The average molecular weight is 229 g/mol. The molecule has 0 aliphatic rings. The smallest absolute Gasteiger partial charge is 0.347 e. The molecule has 0 radical (unpaired) electrons. The molecule has 0 aliphatic carbocycles. The van der Waals surface area contributed by atoms with Gasteiger partial charge >= 0.3 is 5.38 Å². The second-order valence-corrected chi connectivity index (χ2v) is 4.21. The van der Waals surface area contributed by atoms with Crippen LogP contribution in [0.4, 0.5) is 8.78 Å². The van der Waals surface area contributed by atoms with E-state index in [1.165, 1.54) is 0 Å². The number of alkyl halides is 3. The summed E-state index contributed by atoms with van der Waals surface area (Å²) >= 11 is 4.74. The van der Waals surface area contributed by atoms with E-state index in [0.29, 0.717) is 0 Å². The van der Waals surface area contributed by atoms with Gasteiger partial charge in [0.05, 0.1) is 0 Å². The summed E-state index contributed by atoms with van der Waals surface area (Å²) in [5.74, 6) is 0.148. The van der Waals surface area contributed by atoms with Crippen LogP contribution in [0.2, 0.25) is 0 Å². The van der Waals surface area contributed by atoms with Crippen LogP contribution < -0.4 is 0 Å². The quantitative estimate of drug-likeness (QED) is 0.658. The van der Waals surface area contributed by atoms with E-state index in [2.05, 4.69) is 6.92 Å².